The van der Waals surface area contributed by atoms with Gasteiger partial charge in [-0.25, -0.2) is 4.79 Å². The summed E-state index contributed by atoms with van der Waals surface area (Å²) < 4.78 is 4.85. The SMILES string of the molecule is COC(=O)c1cccc(CN2CCC(CCCC(=O)c3ccc4c(c3)CCN(Cc3ccccc3)CC4)CC2)c1.Cl.Cl. The summed E-state index contributed by atoms with van der Waals surface area (Å²) in [5, 5.41) is 0. The molecule has 0 radical (unpaired) electrons. The molecule has 0 atom stereocenters. The highest BCUT2D eigenvalue weighted by Crippen LogP contribution is 2.25. The minimum Gasteiger partial charge on any atom is -0.465 e. The van der Waals surface area contributed by atoms with E-state index in [1.807, 2.05) is 12.1 Å². The average Bonchev–Trinajstić information content (AvgIpc) is 3.20. The fourth-order valence-electron chi connectivity index (χ4n) is 6.25. The molecule has 0 saturated carbocycles. The van der Waals surface area contributed by atoms with Crippen molar-refractivity contribution in [1.82, 2.24) is 9.80 Å². The molecule has 7 heteroatoms. The number of ether oxygens (including phenoxy) is 1. The van der Waals surface area contributed by atoms with Crippen molar-refractivity contribution in [2.24, 2.45) is 5.92 Å². The average molecular weight is 612 g/mol. The first kappa shape index (κ1) is 33.8. The third kappa shape index (κ3) is 9.40. The lowest BCUT2D eigenvalue weighted by Crippen LogP contribution is -2.33. The second-order valence-electron chi connectivity index (χ2n) is 11.5. The third-order valence-corrected chi connectivity index (χ3v) is 8.65. The summed E-state index contributed by atoms with van der Waals surface area (Å²) in [5.74, 6) is 0.690. The van der Waals surface area contributed by atoms with Gasteiger partial charge in [0.15, 0.2) is 5.78 Å². The number of benzene rings is 3. The summed E-state index contributed by atoms with van der Waals surface area (Å²) in [6, 6.07) is 24.9. The third-order valence-electron chi connectivity index (χ3n) is 8.65. The summed E-state index contributed by atoms with van der Waals surface area (Å²) in [6.45, 7) is 6.07. The number of carbonyl (C=O) groups excluding carboxylic acids is 2. The van der Waals surface area contributed by atoms with Crippen LogP contribution in [-0.4, -0.2) is 54.8 Å². The molecule has 0 aromatic heterocycles. The van der Waals surface area contributed by atoms with Crippen molar-refractivity contribution in [2.45, 2.75) is 58.0 Å². The highest BCUT2D eigenvalue weighted by atomic mass is 35.5. The second-order valence-corrected chi connectivity index (χ2v) is 11.5. The van der Waals surface area contributed by atoms with Crippen LogP contribution in [-0.2, 0) is 30.7 Å². The minimum absolute atomic E-state index is 0. The quantitative estimate of drug-likeness (QED) is 0.180. The van der Waals surface area contributed by atoms with Gasteiger partial charge in [-0.15, -0.1) is 24.8 Å². The van der Waals surface area contributed by atoms with Crippen molar-refractivity contribution in [2.75, 3.05) is 33.3 Å². The molecular formula is C35H44Cl2N2O3. The standard InChI is InChI=1S/C35H42N2O3.2ClH/c1-40-35(39)33-11-5-10-29(23-33)26-36-19-15-27(16-20-36)9-6-12-34(38)32-14-13-30-17-21-37(22-18-31(30)24-32)25-28-7-3-2-4-8-28;;/h2-5,7-8,10-11,13-14,23-24,27H,6,9,12,15-22,25-26H2,1H3;2*1H. The number of ketones is 1. The van der Waals surface area contributed by atoms with Gasteiger partial charge in [0.05, 0.1) is 12.7 Å². The predicted octanol–water partition coefficient (Wildman–Crippen LogP) is 7.18. The Morgan fingerprint density at radius 1 is 0.738 bits per heavy atom. The number of hydrogen-bond acceptors (Lipinski definition) is 5. The number of piperidine rings is 1. The molecule has 0 bridgehead atoms. The summed E-state index contributed by atoms with van der Waals surface area (Å²) >= 11 is 0. The van der Waals surface area contributed by atoms with Crippen LogP contribution in [0.3, 0.4) is 0 Å². The summed E-state index contributed by atoms with van der Waals surface area (Å²) in [7, 11) is 1.42. The number of methoxy groups -OCH3 is 1. The van der Waals surface area contributed by atoms with Gasteiger partial charge in [-0.1, -0.05) is 54.6 Å². The van der Waals surface area contributed by atoms with Crippen molar-refractivity contribution in [1.29, 1.82) is 0 Å². The fraction of sp³-hybridized carbons (Fsp3) is 0.429. The summed E-state index contributed by atoms with van der Waals surface area (Å²) in [6.07, 6.45) is 7.12. The zero-order valence-corrected chi connectivity index (χ0v) is 26.3. The van der Waals surface area contributed by atoms with Gasteiger partial charge in [-0.2, -0.15) is 0 Å². The maximum atomic E-state index is 13.1. The number of halogens is 2. The van der Waals surface area contributed by atoms with Gasteiger partial charge in [0, 0.05) is 38.2 Å². The van der Waals surface area contributed by atoms with Crippen LogP contribution < -0.4 is 0 Å². The zero-order chi connectivity index (χ0) is 27.7. The normalized spacial score (nSPS) is 15.9. The van der Waals surface area contributed by atoms with Crippen LogP contribution in [0, 0.1) is 5.92 Å². The van der Waals surface area contributed by atoms with Crippen LogP contribution in [0.5, 0.6) is 0 Å². The van der Waals surface area contributed by atoms with Crippen molar-refractivity contribution in [3.8, 4) is 0 Å². The molecule has 0 amide bonds. The van der Waals surface area contributed by atoms with Gasteiger partial charge in [0.2, 0.25) is 0 Å². The first-order chi connectivity index (χ1) is 19.6. The van der Waals surface area contributed by atoms with Gasteiger partial charge >= 0.3 is 5.97 Å². The molecular weight excluding hydrogens is 567 g/mol. The lowest BCUT2D eigenvalue weighted by atomic mass is 9.90. The Labute approximate surface area is 263 Å². The van der Waals surface area contributed by atoms with Gasteiger partial charge in [-0.05, 0) is 98.0 Å². The molecule has 226 valence electrons. The molecule has 2 aliphatic heterocycles. The number of esters is 1. The van der Waals surface area contributed by atoms with Gasteiger partial charge in [0.1, 0.15) is 0 Å². The molecule has 0 N–H and O–H groups in total. The molecule has 1 saturated heterocycles. The van der Waals surface area contributed by atoms with Crippen LogP contribution in [0.4, 0.5) is 0 Å². The first-order valence-corrected chi connectivity index (χ1v) is 14.9. The van der Waals surface area contributed by atoms with Crippen molar-refractivity contribution < 1.29 is 14.3 Å². The van der Waals surface area contributed by atoms with Crippen LogP contribution in [0.2, 0.25) is 0 Å². The molecule has 3 aromatic carbocycles. The van der Waals surface area contributed by atoms with Gasteiger partial charge in [0.25, 0.3) is 0 Å². The molecule has 0 aliphatic carbocycles. The molecule has 2 heterocycles. The molecule has 5 rings (SSSR count). The topological polar surface area (TPSA) is 49.9 Å². The van der Waals surface area contributed by atoms with Crippen LogP contribution >= 0.6 is 24.8 Å². The van der Waals surface area contributed by atoms with Crippen LogP contribution in [0.1, 0.15) is 75.1 Å². The number of carbonyl (C=O) groups is 2. The first-order valence-electron chi connectivity index (χ1n) is 14.9. The van der Waals surface area contributed by atoms with E-state index in [1.165, 1.54) is 36.6 Å². The van der Waals surface area contributed by atoms with E-state index < -0.39 is 0 Å². The molecule has 5 nitrogen and oxygen atoms in total. The van der Waals surface area contributed by atoms with E-state index in [2.05, 4.69) is 64.4 Å². The Kier molecular flexibility index (Phi) is 13.5. The maximum absolute atomic E-state index is 13.1. The molecule has 1 fully saturated rings. The second kappa shape index (κ2) is 16.8. The molecule has 3 aromatic rings. The monoisotopic (exact) mass is 610 g/mol. The van der Waals surface area contributed by atoms with E-state index in [0.29, 0.717) is 17.9 Å². The van der Waals surface area contributed by atoms with E-state index in [-0.39, 0.29) is 36.6 Å². The van der Waals surface area contributed by atoms with Gasteiger partial charge in [-0.3, -0.25) is 14.6 Å². The highest BCUT2D eigenvalue weighted by molar-refractivity contribution is 5.96. The minimum atomic E-state index is -0.286. The summed E-state index contributed by atoms with van der Waals surface area (Å²) in [5.41, 5.74) is 6.76. The van der Waals surface area contributed by atoms with E-state index in [1.54, 1.807) is 6.07 Å². The van der Waals surface area contributed by atoms with E-state index >= 15 is 0 Å². The van der Waals surface area contributed by atoms with Crippen molar-refractivity contribution >= 4 is 36.6 Å². The Morgan fingerprint density at radius 2 is 1.40 bits per heavy atom. The number of nitrogens with zero attached hydrogens (tertiary/aromatic N) is 2. The number of fused-ring (bicyclic) bond motifs is 1. The lowest BCUT2D eigenvalue weighted by Gasteiger charge is -2.32. The van der Waals surface area contributed by atoms with E-state index in [0.717, 1.165) is 76.1 Å². The Morgan fingerprint density at radius 3 is 2.14 bits per heavy atom. The van der Waals surface area contributed by atoms with Crippen LogP contribution in [0.15, 0.2) is 72.8 Å². The lowest BCUT2D eigenvalue weighted by molar-refractivity contribution is 0.0600. The number of hydrogen-bond donors (Lipinski definition) is 0. The maximum Gasteiger partial charge on any atom is 0.337 e. The largest absolute Gasteiger partial charge is 0.465 e. The van der Waals surface area contributed by atoms with E-state index in [9.17, 15) is 9.59 Å². The Bertz CT molecular complexity index is 1290. The number of rotatable bonds is 10. The Balaban J connectivity index is 0.00000242. The van der Waals surface area contributed by atoms with Gasteiger partial charge < -0.3 is 4.74 Å². The summed E-state index contributed by atoms with van der Waals surface area (Å²) in [4.78, 5) is 29.9. The fourth-order valence-corrected chi connectivity index (χ4v) is 6.25. The molecule has 0 spiro atoms. The highest BCUT2D eigenvalue weighted by Gasteiger charge is 2.21. The molecule has 42 heavy (non-hydrogen) atoms. The zero-order valence-electron chi connectivity index (χ0n) is 24.6. The van der Waals surface area contributed by atoms with Crippen molar-refractivity contribution in [3.05, 3.63) is 106 Å². The smallest absolute Gasteiger partial charge is 0.337 e. The Hall–Kier alpha value is -2.70. The number of Topliss-reactive ketones (excluding diaryl/α,β-unsaturated/α-hetero) is 1. The van der Waals surface area contributed by atoms with Crippen LogP contribution in [0.25, 0.3) is 0 Å². The molecule has 2 aliphatic rings. The van der Waals surface area contributed by atoms with E-state index in [4.69, 9.17) is 4.74 Å². The number of likely N-dealkylation sites (tertiary alicyclic amines) is 1. The predicted molar refractivity (Wildman–Crippen MR) is 174 cm³/mol. The molecule has 0 unspecified atom stereocenters. The van der Waals surface area contributed by atoms with Crippen molar-refractivity contribution in [3.63, 3.8) is 0 Å².